The van der Waals surface area contributed by atoms with E-state index >= 15 is 0 Å². The first-order valence-electron chi connectivity index (χ1n) is 32.3. The lowest BCUT2D eigenvalue weighted by Crippen LogP contribution is -2.30. The number of esters is 3. The lowest BCUT2D eigenvalue weighted by atomic mass is 10.0. The van der Waals surface area contributed by atoms with Crippen LogP contribution in [0.3, 0.4) is 0 Å². The molecule has 0 heterocycles. The van der Waals surface area contributed by atoms with Gasteiger partial charge in [0.25, 0.3) is 0 Å². The zero-order valence-corrected chi connectivity index (χ0v) is 49.4. The summed E-state index contributed by atoms with van der Waals surface area (Å²) in [5.41, 5.74) is 0. The minimum absolute atomic E-state index is 0.0799. The predicted octanol–water partition coefficient (Wildman–Crippen LogP) is 21.9. The van der Waals surface area contributed by atoms with Crippen LogP contribution in [0.5, 0.6) is 0 Å². The van der Waals surface area contributed by atoms with E-state index in [9.17, 15) is 14.4 Å². The van der Waals surface area contributed by atoms with E-state index in [1.54, 1.807) is 0 Å². The van der Waals surface area contributed by atoms with Crippen molar-refractivity contribution in [3.05, 3.63) is 60.8 Å². The van der Waals surface area contributed by atoms with Gasteiger partial charge in [-0.15, -0.1) is 0 Å². The van der Waals surface area contributed by atoms with E-state index in [-0.39, 0.29) is 31.1 Å². The fraction of sp³-hybridized carbons (Fsp3) is 0.809. The monoisotopic (exact) mass is 1030 g/mol. The summed E-state index contributed by atoms with van der Waals surface area (Å²) in [6.07, 6.45) is 79.5. The molecule has 0 rings (SSSR count). The van der Waals surface area contributed by atoms with E-state index < -0.39 is 6.10 Å². The molecule has 1 unspecified atom stereocenters. The van der Waals surface area contributed by atoms with Crippen molar-refractivity contribution < 1.29 is 28.6 Å². The molecule has 0 amide bonds. The van der Waals surface area contributed by atoms with Crippen LogP contribution in [0.15, 0.2) is 60.8 Å². The highest BCUT2D eigenvalue weighted by atomic mass is 16.6. The summed E-state index contributed by atoms with van der Waals surface area (Å²) >= 11 is 0. The summed E-state index contributed by atoms with van der Waals surface area (Å²) in [5, 5.41) is 0. The Morgan fingerprint density at radius 3 is 0.865 bits per heavy atom. The zero-order valence-electron chi connectivity index (χ0n) is 49.4. The molecule has 6 nitrogen and oxygen atoms in total. The number of unbranched alkanes of at least 4 members (excludes halogenated alkanes) is 38. The summed E-state index contributed by atoms with van der Waals surface area (Å²) in [5.74, 6) is -0.887. The molecule has 0 spiro atoms. The van der Waals surface area contributed by atoms with Crippen LogP contribution in [-0.4, -0.2) is 37.2 Å². The van der Waals surface area contributed by atoms with Gasteiger partial charge in [-0.2, -0.15) is 0 Å². The van der Waals surface area contributed by atoms with Crippen molar-refractivity contribution in [3.8, 4) is 0 Å². The van der Waals surface area contributed by atoms with Gasteiger partial charge in [-0.3, -0.25) is 14.4 Å². The molecule has 0 fully saturated rings. The number of allylic oxidation sites excluding steroid dienone is 10. The molecule has 0 saturated heterocycles. The number of rotatable bonds is 59. The molecular weight excluding hydrogens is 913 g/mol. The van der Waals surface area contributed by atoms with Gasteiger partial charge in [-0.05, 0) is 77.0 Å². The maximum absolute atomic E-state index is 12.9. The van der Waals surface area contributed by atoms with Gasteiger partial charge >= 0.3 is 17.9 Å². The second-order valence-electron chi connectivity index (χ2n) is 21.6. The third kappa shape index (κ3) is 60.0. The summed E-state index contributed by atoms with van der Waals surface area (Å²) in [7, 11) is 0. The molecule has 0 N–H and O–H groups in total. The molecule has 0 aliphatic rings. The van der Waals surface area contributed by atoms with Crippen molar-refractivity contribution in [3.63, 3.8) is 0 Å². The molecule has 0 saturated carbocycles. The van der Waals surface area contributed by atoms with Crippen LogP contribution >= 0.6 is 0 Å². The second kappa shape index (κ2) is 62.6. The van der Waals surface area contributed by atoms with Crippen molar-refractivity contribution in [1.82, 2.24) is 0 Å². The highest BCUT2D eigenvalue weighted by Crippen LogP contribution is 2.18. The summed E-state index contributed by atoms with van der Waals surface area (Å²) in [6.45, 7) is 6.52. The lowest BCUT2D eigenvalue weighted by Gasteiger charge is -2.18. The van der Waals surface area contributed by atoms with E-state index in [1.165, 1.54) is 193 Å². The minimum Gasteiger partial charge on any atom is -0.462 e. The van der Waals surface area contributed by atoms with Crippen LogP contribution in [0.1, 0.15) is 335 Å². The first kappa shape index (κ1) is 71.1. The average Bonchev–Trinajstić information content (AvgIpc) is 3.40. The molecule has 0 aromatic rings. The molecule has 1 atom stereocenters. The smallest absolute Gasteiger partial charge is 0.306 e. The maximum Gasteiger partial charge on any atom is 0.306 e. The van der Waals surface area contributed by atoms with E-state index in [2.05, 4.69) is 81.5 Å². The number of ether oxygens (including phenoxy) is 3. The normalized spacial score (nSPS) is 12.4. The lowest BCUT2D eigenvalue weighted by molar-refractivity contribution is -0.167. The topological polar surface area (TPSA) is 78.9 Å². The predicted molar refractivity (Wildman–Crippen MR) is 321 cm³/mol. The second-order valence-corrected chi connectivity index (χ2v) is 21.6. The van der Waals surface area contributed by atoms with E-state index in [0.29, 0.717) is 19.3 Å². The largest absolute Gasteiger partial charge is 0.462 e. The van der Waals surface area contributed by atoms with Crippen LogP contribution in [-0.2, 0) is 28.6 Å². The average molecular weight is 1040 g/mol. The van der Waals surface area contributed by atoms with Gasteiger partial charge in [0.2, 0.25) is 0 Å². The molecule has 6 heteroatoms. The first-order valence-corrected chi connectivity index (χ1v) is 32.3. The summed E-state index contributed by atoms with van der Waals surface area (Å²) in [6, 6.07) is 0. The molecule has 74 heavy (non-hydrogen) atoms. The van der Waals surface area contributed by atoms with Crippen LogP contribution in [0.2, 0.25) is 0 Å². The first-order chi connectivity index (χ1) is 36.5. The molecule has 0 aliphatic carbocycles. The van der Waals surface area contributed by atoms with Crippen LogP contribution in [0.4, 0.5) is 0 Å². The van der Waals surface area contributed by atoms with Crippen molar-refractivity contribution in [2.75, 3.05) is 13.2 Å². The third-order valence-corrected chi connectivity index (χ3v) is 14.3. The van der Waals surface area contributed by atoms with Crippen molar-refractivity contribution in [2.24, 2.45) is 0 Å². The van der Waals surface area contributed by atoms with Gasteiger partial charge in [0.1, 0.15) is 13.2 Å². The Kier molecular flexibility index (Phi) is 60.2. The standard InChI is InChI=1S/C68H122O6/c1-4-7-10-13-16-19-22-25-28-30-31-32-33-34-35-36-37-39-40-43-46-49-52-55-58-61-67(70)73-64-65(63-72-66(69)60-57-54-51-48-45-42-27-24-21-18-15-12-9-6-3)74-68(71)62-59-56-53-50-47-44-41-38-29-26-23-20-17-14-11-8-5-2/h8,11,15,17-18,20,24,26-27,29,65H,4-7,9-10,12-14,16,19,21-23,25,28,30-64H2,1-3H3/b11-8-,18-15-,20-17-,27-24-,29-26-. The van der Waals surface area contributed by atoms with Crippen LogP contribution in [0.25, 0.3) is 0 Å². The Labute approximate surface area is 460 Å². The SMILES string of the molecule is CC/C=C\C/C=C\C/C=C\CCCCCCCCCC(=O)OC(COC(=O)CCCCCCC/C=C\C/C=C\CCCC)COC(=O)CCCCCCCCCCCCCCCCCCCCCCCCCCC. The highest BCUT2D eigenvalue weighted by molar-refractivity contribution is 5.71. The van der Waals surface area contributed by atoms with Gasteiger partial charge < -0.3 is 14.2 Å². The van der Waals surface area contributed by atoms with Crippen molar-refractivity contribution in [2.45, 2.75) is 341 Å². The fourth-order valence-electron chi connectivity index (χ4n) is 9.42. The summed E-state index contributed by atoms with van der Waals surface area (Å²) < 4.78 is 16.9. The minimum atomic E-state index is -0.785. The van der Waals surface area contributed by atoms with Crippen LogP contribution < -0.4 is 0 Å². The number of hydrogen-bond donors (Lipinski definition) is 0. The van der Waals surface area contributed by atoms with Crippen molar-refractivity contribution in [1.29, 1.82) is 0 Å². The Bertz CT molecular complexity index is 1330. The Morgan fingerprint density at radius 1 is 0.284 bits per heavy atom. The Balaban J connectivity index is 4.27. The Morgan fingerprint density at radius 2 is 0.541 bits per heavy atom. The van der Waals surface area contributed by atoms with E-state index in [1.807, 2.05) is 0 Å². The molecule has 0 aromatic carbocycles. The molecule has 0 radical (unpaired) electrons. The third-order valence-electron chi connectivity index (χ3n) is 14.3. The van der Waals surface area contributed by atoms with Gasteiger partial charge in [-0.25, -0.2) is 0 Å². The van der Waals surface area contributed by atoms with Gasteiger partial charge in [0.15, 0.2) is 6.10 Å². The van der Waals surface area contributed by atoms with E-state index in [4.69, 9.17) is 14.2 Å². The van der Waals surface area contributed by atoms with Gasteiger partial charge in [-0.1, -0.05) is 300 Å². The van der Waals surface area contributed by atoms with Crippen LogP contribution in [0, 0.1) is 0 Å². The molecular formula is C68H122O6. The maximum atomic E-state index is 12.9. The molecule has 0 aromatic heterocycles. The quantitative estimate of drug-likeness (QED) is 0.0261. The highest BCUT2D eigenvalue weighted by Gasteiger charge is 2.19. The number of carbonyl (C=O) groups is 3. The van der Waals surface area contributed by atoms with E-state index in [0.717, 1.165) is 103 Å². The molecule has 0 aliphatic heterocycles. The summed E-state index contributed by atoms with van der Waals surface area (Å²) in [4.78, 5) is 38.3. The van der Waals surface area contributed by atoms with Gasteiger partial charge in [0.05, 0.1) is 0 Å². The Hall–Kier alpha value is -2.89. The van der Waals surface area contributed by atoms with Gasteiger partial charge in [0, 0.05) is 19.3 Å². The fourth-order valence-corrected chi connectivity index (χ4v) is 9.42. The molecule has 0 bridgehead atoms. The molecule has 430 valence electrons. The number of hydrogen-bond acceptors (Lipinski definition) is 6. The van der Waals surface area contributed by atoms with Crippen molar-refractivity contribution >= 4 is 17.9 Å². The zero-order chi connectivity index (χ0) is 53.6. The number of carbonyl (C=O) groups excluding carboxylic acids is 3.